The third-order valence-corrected chi connectivity index (χ3v) is 0. The summed E-state index contributed by atoms with van der Waals surface area (Å²) in [6.45, 7) is 0. The Labute approximate surface area is 53.2 Å². The van der Waals surface area contributed by atoms with Crippen molar-refractivity contribution in [3.8, 4) is 0 Å². The molecule has 0 N–H and O–H groups in total. The van der Waals surface area contributed by atoms with Crippen molar-refractivity contribution < 1.29 is 17.1 Å². The molecule has 0 atom stereocenters. The van der Waals surface area contributed by atoms with Crippen LogP contribution in [-0.4, -0.2) is 25.8 Å². The van der Waals surface area contributed by atoms with E-state index < -0.39 is 0 Å². The van der Waals surface area contributed by atoms with E-state index >= 15 is 0 Å². The Balaban J connectivity index is 0. The zero-order chi connectivity index (χ0) is 2.71. The Hall–Kier alpha value is 1.41. The minimum atomic E-state index is 0. The summed E-state index contributed by atoms with van der Waals surface area (Å²) >= 11 is 0.146. The second-order valence-corrected chi connectivity index (χ2v) is 0.622. The molecule has 4 heavy (non-hydrogen) atoms. The standard InChI is InChI=1S/Cu.In.O.S.3H. The van der Waals surface area contributed by atoms with E-state index in [0.717, 1.165) is 0 Å². The molecule has 0 aliphatic heterocycles. The molecule has 0 rings (SSSR count). The summed E-state index contributed by atoms with van der Waals surface area (Å²) in [7, 11) is 3.74. The molecule has 0 aromatic rings. The zero-order valence-electron chi connectivity index (χ0n) is 1.12. The predicted octanol–water partition coefficient (Wildman–Crippen LogP) is -0.657. The predicted molar refractivity (Wildman–Crippen MR) is 18.2 cm³/mol. The number of hydrogen-bond acceptors (Lipinski definition) is 2. The van der Waals surface area contributed by atoms with Gasteiger partial charge in [-0.05, 0) is 0 Å². The molecule has 0 aliphatic carbocycles. The summed E-state index contributed by atoms with van der Waals surface area (Å²) in [5.41, 5.74) is 0. The van der Waals surface area contributed by atoms with Crippen LogP contribution in [0.2, 0.25) is 0 Å². The Morgan fingerprint density at radius 1 is 1.75 bits per heavy atom. The molecule has 0 fully saturated rings. The summed E-state index contributed by atoms with van der Waals surface area (Å²) in [5.74, 6) is 0. The molecule has 0 saturated heterocycles. The third-order valence-electron chi connectivity index (χ3n) is 0. The van der Waals surface area contributed by atoms with E-state index in [0.29, 0.717) is 0 Å². The first-order valence-corrected chi connectivity index (χ1v) is 2.03. The van der Waals surface area contributed by atoms with Crippen molar-refractivity contribution in [3.05, 3.63) is 0 Å². The van der Waals surface area contributed by atoms with E-state index in [-0.39, 0.29) is 39.1 Å². The van der Waals surface area contributed by atoms with Gasteiger partial charge in [-0.15, -0.1) is 0 Å². The average molecular weight is 229 g/mol. The van der Waals surface area contributed by atoms with E-state index in [9.17, 15) is 0 Å². The molecule has 0 aromatic heterocycles. The van der Waals surface area contributed by atoms with Crippen LogP contribution in [0.15, 0.2) is 0 Å². The fourth-order valence-corrected chi connectivity index (χ4v) is 0. The fraction of sp³-hybridized carbons (Fsp3) is 0. The van der Waals surface area contributed by atoms with Gasteiger partial charge in [-0.3, -0.25) is 0 Å². The van der Waals surface area contributed by atoms with Crippen molar-refractivity contribution in [2.75, 3.05) is 0 Å². The van der Waals surface area contributed by atoms with Gasteiger partial charge < -0.3 is 0 Å². The van der Waals surface area contributed by atoms with Crippen LogP contribution in [0.5, 0.6) is 0 Å². The van der Waals surface area contributed by atoms with Crippen molar-refractivity contribution >= 4 is 36.4 Å². The van der Waals surface area contributed by atoms with E-state index in [2.05, 4.69) is 10.6 Å². The molecule has 4 heteroatoms. The molecule has 0 aliphatic rings. The Kier molecular flexibility index (Phi) is 20.0. The van der Waals surface area contributed by atoms with Crippen molar-refractivity contribution in [1.82, 2.24) is 0 Å². The van der Waals surface area contributed by atoms with Crippen molar-refractivity contribution in [2.45, 2.75) is 0 Å². The van der Waals surface area contributed by atoms with Gasteiger partial charge in [0.1, 0.15) is 0 Å². The molecule has 1 nitrogen and oxygen atoms in total. The quantitative estimate of drug-likeness (QED) is 0.513. The van der Waals surface area contributed by atoms with E-state index in [4.69, 9.17) is 3.83 Å². The van der Waals surface area contributed by atoms with Gasteiger partial charge in [0.2, 0.25) is 0 Å². The van der Waals surface area contributed by atoms with Gasteiger partial charge in [0, 0.05) is 0 Å². The Morgan fingerprint density at radius 3 is 1.75 bits per heavy atom. The minimum absolute atomic E-state index is 0. The zero-order valence-corrected chi connectivity index (χ0v) is 2.88. The van der Waals surface area contributed by atoms with Gasteiger partial charge in [0.05, 0.1) is 0 Å². The first-order chi connectivity index (χ1) is 1.41. The Morgan fingerprint density at radius 2 is 1.75 bits per heavy atom. The van der Waals surface area contributed by atoms with Gasteiger partial charge in [-0.2, -0.15) is 0 Å². The fourth-order valence-electron chi connectivity index (χ4n) is 0. The molecule has 0 unspecified atom stereocenters. The third kappa shape index (κ3) is 9.96. The van der Waals surface area contributed by atoms with Crippen LogP contribution in [0.3, 0.4) is 0 Å². The Bertz CT molecular complexity index is 29.0. The maximum absolute atomic E-state index is 8.65. The molecular weight excluding hydrogens is 226 g/mol. The molecule has 0 aromatic carbocycles. The normalized spacial score (nSPS) is 5.00. The molecule has 29 valence electrons. The summed E-state index contributed by atoms with van der Waals surface area (Å²) in [6, 6.07) is 0. The molecule has 0 bridgehead atoms. The van der Waals surface area contributed by atoms with Crippen LogP contribution in [-0.2, 0) is 17.1 Å². The molecule has 0 saturated carbocycles. The van der Waals surface area contributed by atoms with Crippen LogP contribution >= 0.6 is 10.6 Å². The van der Waals surface area contributed by atoms with Gasteiger partial charge in [-0.25, -0.2) is 0 Å². The second kappa shape index (κ2) is 8.83. The van der Waals surface area contributed by atoms with Gasteiger partial charge in [0.15, 0.2) is 0 Å². The second-order valence-electron chi connectivity index (χ2n) is 0.0503. The van der Waals surface area contributed by atoms with E-state index in [1.807, 2.05) is 0 Å². The van der Waals surface area contributed by atoms with Crippen molar-refractivity contribution in [3.63, 3.8) is 0 Å². The average Bonchev–Trinajstić information content (AvgIpc) is 0.918. The molecule has 0 heterocycles. The van der Waals surface area contributed by atoms with Gasteiger partial charge in [0.25, 0.3) is 0 Å². The monoisotopic (exact) mass is 229 g/mol. The molecule has 0 amide bonds. The number of rotatable bonds is 0. The van der Waals surface area contributed by atoms with E-state index in [1.54, 1.807) is 0 Å². The van der Waals surface area contributed by atoms with Crippen LogP contribution in [0.25, 0.3) is 0 Å². The van der Waals surface area contributed by atoms with Crippen LogP contribution < -0.4 is 0 Å². The first kappa shape index (κ1) is 9.05. The SMILES string of the molecule is [InH3].[O]=[Cu]=[S]. The summed E-state index contributed by atoms with van der Waals surface area (Å²) < 4.78 is 8.65. The van der Waals surface area contributed by atoms with Crippen molar-refractivity contribution in [1.29, 1.82) is 0 Å². The summed E-state index contributed by atoms with van der Waals surface area (Å²) in [6.07, 6.45) is 0. The van der Waals surface area contributed by atoms with Crippen LogP contribution in [0, 0.1) is 0 Å². The van der Waals surface area contributed by atoms with Crippen LogP contribution in [0.1, 0.15) is 0 Å². The van der Waals surface area contributed by atoms with Crippen molar-refractivity contribution in [2.24, 2.45) is 0 Å². The topological polar surface area (TPSA) is 17.1 Å². The maximum atomic E-state index is 8.65. The molecule has 0 spiro atoms. The summed E-state index contributed by atoms with van der Waals surface area (Å²) in [4.78, 5) is 0. The number of hydrogen-bond donors (Lipinski definition) is 0. The molecular formula is H3CuInOS. The summed E-state index contributed by atoms with van der Waals surface area (Å²) in [5, 5.41) is 0. The van der Waals surface area contributed by atoms with E-state index in [1.165, 1.54) is 0 Å². The first-order valence-electron chi connectivity index (χ1n) is 0.246. The van der Waals surface area contributed by atoms with Crippen LogP contribution in [0.4, 0.5) is 0 Å². The molecule has 0 radical (unpaired) electrons. The van der Waals surface area contributed by atoms with Gasteiger partial charge in [-0.1, -0.05) is 0 Å². The van der Waals surface area contributed by atoms with Gasteiger partial charge >= 0.3 is 53.5 Å².